The lowest BCUT2D eigenvalue weighted by Gasteiger charge is -2.12. The van der Waals surface area contributed by atoms with E-state index in [1.54, 1.807) is 18.2 Å². The fourth-order valence-corrected chi connectivity index (χ4v) is 2.45. The summed E-state index contributed by atoms with van der Waals surface area (Å²) in [5.74, 6) is 0.555. The van der Waals surface area contributed by atoms with E-state index in [1.165, 1.54) is 6.07 Å². The third kappa shape index (κ3) is 3.00. The molecule has 2 aromatic rings. The van der Waals surface area contributed by atoms with E-state index in [2.05, 4.69) is 5.32 Å². The van der Waals surface area contributed by atoms with Crippen molar-refractivity contribution in [2.24, 2.45) is 0 Å². The van der Waals surface area contributed by atoms with Crippen molar-refractivity contribution in [1.29, 1.82) is 0 Å². The first-order valence-electron chi connectivity index (χ1n) is 6.75. The van der Waals surface area contributed by atoms with Crippen LogP contribution in [0.5, 0.6) is 11.5 Å². The Labute approximate surface area is 132 Å². The molecule has 0 spiro atoms. The maximum Gasteiger partial charge on any atom is 0.251 e. The molecule has 114 valence electrons. The third-order valence-electron chi connectivity index (χ3n) is 3.33. The largest absolute Gasteiger partial charge is 0.454 e. The summed E-state index contributed by atoms with van der Waals surface area (Å²) in [5.41, 5.74) is 1.10. The first kappa shape index (κ1) is 14.7. The van der Waals surface area contributed by atoms with Gasteiger partial charge in [0.25, 0.3) is 5.91 Å². The fourth-order valence-electron chi connectivity index (χ4n) is 2.18. The highest BCUT2D eigenvalue weighted by molar-refractivity contribution is 6.32. The molecule has 6 heteroatoms. The number of aliphatic hydroxyl groups is 1. The molecule has 0 bridgehead atoms. The first-order valence-corrected chi connectivity index (χ1v) is 7.13. The number of carbonyl (C=O) groups is 1. The lowest BCUT2D eigenvalue weighted by molar-refractivity contribution is 0.0916. The Morgan fingerprint density at radius 2 is 2.05 bits per heavy atom. The van der Waals surface area contributed by atoms with E-state index in [0.717, 1.165) is 5.56 Å². The molecule has 2 N–H and O–H groups in total. The molecule has 0 aromatic heterocycles. The second-order valence-corrected chi connectivity index (χ2v) is 5.24. The zero-order chi connectivity index (χ0) is 15.5. The summed E-state index contributed by atoms with van der Waals surface area (Å²) in [5, 5.41) is 13.0. The summed E-state index contributed by atoms with van der Waals surface area (Å²) in [4.78, 5) is 12.2. The molecule has 5 nitrogen and oxygen atoms in total. The van der Waals surface area contributed by atoms with Crippen molar-refractivity contribution in [3.05, 3.63) is 58.6 Å². The van der Waals surface area contributed by atoms with Gasteiger partial charge in [0, 0.05) is 12.1 Å². The van der Waals surface area contributed by atoms with Crippen molar-refractivity contribution in [1.82, 2.24) is 5.32 Å². The lowest BCUT2D eigenvalue weighted by Crippen LogP contribution is -2.28. The van der Waals surface area contributed by atoms with Gasteiger partial charge in [0.15, 0.2) is 11.5 Å². The molecule has 0 fully saturated rings. The van der Waals surface area contributed by atoms with Crippen molar-refractivity contribution in [3.63, 3.8) is 0 Å². The second kappa shape index (κ2) is 6.25. The van der Waals surface area contributed by atoms with Gasteiger partial charge in [0.1, 0.15) is 0 Å². The van der Waals surface area contributed by atoms with Crippen LogP contribution in [0, 0.1) is 0 Å². The van der Waals surface area contributed by atoms with Crippen LogP contribution in [-0.2, 0) is 0 Å². The molecule has 1 atom stereocenters. The Balaban J connectivity index is 1.67. The number of nitrogens with one attached hydrogen (secondary N) is 1. The minimum absolute atomic E-state index is 0.0901. The monoisotopic (exact) mass is 319 g/mol. The topological polar surface area (TPSA) is 67.8 Å². The number of hydrogen-bond donors (Lipinski definition) is 2. The van der Waals surface area contributed by atoms with Crippen LogP contribution >= 0.6 is 11.6 Å². The molecular formula is C16H14ClNO4. The number of benzene rings is 2. The van der Waals surface area contributed by atoms with E-state index in [-0.39, 0.29) is 19.2 Å². The molecule has 1 unspecified atom stereocenters. The van der Waals surface area contributed by atoms with Crippen molar-refractivity contribution < 1.29 is 19.4 Å². The van der Waals surface area contributed by atoms with Gasteiger partial charge < -0.3 is 19.9 Å². The molecule has 2 aromatic carbocycles. The molecule has 0 saturated heterocycles. The average Bonchev–Trinajstić information content (AvgIpc) is 3.02. The Bertz CT molecular complexity index is 690. The van der Waals surface area contributed by atoms with Crippen LogP contribution in [0.4, 0.5) is 0 Å². The number of rotatable bonds is 4. The SMILES string of the molecule is O=C(NCC(O)c1ccccc1)c1cc(Cl)c2c(c1)OCO2. The number of hydrogen-bond acceptors (Lipinski definition) is 4. The standard InChI is InChI=1S/C16H14ClNO4/c17-12-6-11(7-14-15(12)22-9-21-14)16(20)18-8-13(19)10-4-2-1-3-5-10/h1-7,13,19H,8-9H2,(H,18,20). The van der Waals surface area contributed by atoms with Gasteiger partial charge in [-0.3, -0.25) is 4.79 Å². The Morgan fingerprint density at radius 1 is 1.27 bits per heavy atom. The van der Waals surface area contributed by atoms with Gasteiger partial charge in [0.05, 0.1) is 11.1 Å². The molecule has 0 saturated carbocycles. The number of carbonyl (C=O) groups excluding carboxylic acids is 1. The zero-order valence-electron chi connectivity index (χ0n) is 11.6. The van der Waals surface area contributed by atoms with Crippen LogP contribution in [-0.4, -0.2) is 24.4 Å². The van der Waals surface area contributed by atoms with E-state index in [9.17, 15) is 9.90 Å². The molecule has 1 heterocycles. The van der Waals surface area contributed by atoms with Gasteiger partial charge in [-0.15, -0.1) is 0 Å². The summed E-state index contributed by atoms with van der Waals surface area (Å²) in [6.07, 6.45) is -0.769. The average molecular weight is 320 g/mol. The van der Waals surface area contributed by atoms with E-state index in [4.69, 9.17) is 21.1 Å². The molecular weight excluding hydrogens is 306 g/mol. The summed E-state index contributed by atoms with van der Waals surface area (Å²) >= 11 is 6.04. The minimum atomic E-state index is -0.769. The van der Waals surface area contributed by atoms with Crippen molar-refractivity contribution in [2.75, 3.05) is 13.3 Å². The van der Waals surface area contributed by atoms with Gasteiger partial charge in [0.2, 0.25) is 6.79 Å². The molecule has 0 aliphatic carbocycles. The third-order valence-corrected chi connectivity index (χ3v) is 3.61. The normalized spacial score (nSPS) is 13.7. The Kier molecular flexibility index (Phi) is 4.18. The summed E-state index contributed by atoms with van der Waals surface area (Å²) in [6, 6.07) is 12.2. The van der Waals surface area contributed by atoms with Gasteiger partial charge in [-0.25, -0.2) is 0 Å². The smallest absolute Gasteiger partial charge is 0.251 e. The van der Waals surface area contributed by atoms with Crippen LogP contribution in [0.3, 0.4) is 0 Å². The van der Waals surface area contributed by atoms with Crippen molar-refractivity contribution >= 4 is 17.5 Å². The fraction of sp³-hybridized carbons (Fsp3) is 0.188. The molecule has 0 radical (unpaired) electrons. The van der Waals surface area contributed by atoms with Crippen LogP contribution < -0.4 is 14.8 Å². The highest BCUT2D eigenvalue weighted by atomic mass is 35.5. The highest BCUT2D eigenvalue weighted by Crippen LogP contribution is 2.39. The van der Waals surface area contributed by atoms with Gasteiger partial charge in [-0.2, -0.15) is 0 Å². The Morgan fingerprint density at radius 3 is 2.82 bits per heavy atom. The predicted octanol–water partition coefficient (Wildman–Crippen LogP) is 2.53. The van der Waals surface area contributed by atoms with E-state index < -0.39 is 6.10 Å². The number of amides is 1. The van der Waals surface area contributed by atoms with Crippen LogP contribution in [0.15, 0.2) is 42.5 Å². The molecule has 22 heavy (non-hydrogen) atoms. The Hall–Kier alpha value is -2.24. The highest BCUT2D eigenvalue weighted by Gasteiger charge is 2.21. The van der Waals surface area contributed by atoms with Crippen molar-refractivity contribution in [3.8, 4) is 11.5 Å². The lowest BCUT2D eigenvalue weighted by atomic mass is 10.1. The number of fused-ring (bicyclic) bond motifs is 1. The van der Waals surface area contributed by atoms with Gasteiger partial charge in [-0.1, -0.05) is 41.9 Å². The summed E-state index contributed by atoms with van der Waals surface area (Å²) < 4.78 is 10.4. The maximum absolute atomic E-state index is 12.2. The zero-order valence-corrected chi connectivity index (χ0v) is 12.3. The van der Waals surface area contributed by atoms with E-state index in [0.29, 0.717) is 22.1 Å². The molecule has 1 aliphatic rings. The second-order valence-electron chi connectivity index (χ2n) is 4.83. The van der Waals surface area contributed by atoms with Crippen LogP contribution in [0.2, 0.25) is 5.02 Å². The first-order chi connectivity index (χ1) is 10.6. The van der Waals surface area contributed by atoms with Crippen LogP contribution in [0.1, 0.15) is 22.0 Å². The molecule has 3 rings (SSSR count). The van der Waals surface area contributed by atoms with E-state index >= 15 is 0 Å². The van der Waals surface area contributed by atoms with Gasteiger partial charge in [-0.05, 0) is 17.7 Å². The number of aliphatic hydroxyl groups excluding tert-OH is 1. The van der Waals surface area contributed by atoms with Crippen molar-refractivity contribution in [2.45, 2.75) is 6.10 Å². The van der Waals surface area contributed by atoms with Crippen LogP contribution in [0.25, 0.3) is 0 Å². The van der Waals surface area contributed by atoms with E-state index in [1.807, 2.05) is 18.2 Å². The summed E-state index contributed by atoms with van der Waals surface area (Å²) in [6.45, 7) is 0.196. The number of halogens is 1. The number of ether oxygens (including phenoxy) is 2. The molecule has 1 aliphatic heterocycles. The minimum Gasteiger partial charge on any atom is -0.454 e. The quantitative estimate of drug-likeness (QED) is 0.908. The van der Waals surface area contributed by atoms with Gasteiger partial charge >= 0.3 is 0 Å². The predicted molar refractivity (Wildman–Crippen MR) is 81.3 cm³/mol. The maximum atomic E-state index is 12.2. The summed E-state index contributed by atoms with van der Waals surface area (Å²) in [7, 11) is 0. The molecule has 1 amide bonds.